The summed E-state index contributed by atoms with van der Waals surface area (Å²) in [6.07, 6.45) is 1.12. The number of hydrogen-bond donors (Lipinski definition) is 1. The van der Waals surface area contributed by atoms with Crippen LogP contribution in [0, 0.1) is 6.92 Å². The van der Waals surface area contributed by atoms with Gasteiger partial charge in [0.05, 0.1) is 0 Å². The van der Waals surface area contributed by atoms with Crippen molar-refractivity contribution < 1.29 is 0 Å². The first-order valence-electron chi connectivity index (χ1n) is 7.35. The van der Waals surface area contributed by atoms with E-state index in [1.807, 2.05) is 0 Å². The molecule has 104 valence electrons. The number of nitrogens with two attached hydrogens (primary N) is 1. The van der Waals surface area contributed by atoms with Crippen LogP contribution in [0.4, 0.5) is 0 Å². The van der Waals surface area contributed by atoms with Crippen LogP contribution in [0.25, 0.3) is 0 Å². The maximum atomic E-state index is 6.04. The van der Waals surface area contributed by atoms with Crippen LogP contribution in [0.3, 0.4) is 0 Å². The zero-order valence-electron chi connectivity index (χ0n) is 12.0. The largest absolute Gasteiger partial charge is 0.329 e. The number of aryl methyl sites for hydroxylation is 1. The van der Waals surface area contributed by atoms with Gasteiger partial charge in [0.15, 0.2) is 0 Å². The van der Waals surface area contributed by atoms with Gasteiger partial charge < -0.3 is 5.73 Å². The van der Waals surface area contributed by atoms with Crippen molar-refractivity contribution in [3.63, 3.8) is 0 Å². The zero-order valence-corrected chi connectivity index (χ0v) is 12.0. The summed E-state index contributed by atoms with van der Waals surface area (Å²) in [5.41, 5.74) is 11.6. The van der Waals surface area contributed by atoms with Gasteiger partial charge >= 0.3 is 0 Å². The third-order valence-electron chi connectivity index (χ3n) is 4.25. The Bertz CT molecular complexity index is 574. The molecule has 0 spiro atoms. The van der Waals surface area contributed by atoms with Crippen molar-refractivity contribution in [1.29, 1.82) is 0 Å². The van der Waals surface area contributed by atoms with Crippen LogP contribution in [-0.2, 0) is 13.0 Å². The predicted octanol–water partition coefficient (Wildman–Crippen LogP) is 3.05. The summed E-state index contributed by atoms with van der Waals surface area (Å²) in [5, 5.41) is 0. The SMILES string of the molecule is Cc1ccc(CN2CCc3ccccc3C2CN)cc1. The zero-order chi connectivity index (χ0) is 13.9. The van der Waals surface area contributed by atoms with Gasteiger partial charge in [0.25, 0.3) is 0 Å². The van der Waals surface area contributed by atoms with Gasteiger partial charge in [-0.15, -0.1) is 0 Å². The Morgan fingerprint density at radius 3 is 2.60 bits per heavy atom. The highest BCUT2D eigenvalue weighted by atomic mass is 15.2. The maximum Gasteiger partial charge on any atom is 0.0476 e. The lowest BCUT2D eigenvalue weighted by molar-refractivity contribution is 0.181. The van der Waals surface area contributed by atoms with Crippen molar-refractivity contribution in [2.75, 3.05) is 13.1 Å². The van der Waals surface area contributed by atoms with E-state index in [0.29, 0.717) is 12.6 Å². The molecule has 0 radical (unpaired) electrons. The average molecular weight is 266 g/mol. The fourth-order valence-electron chi connectivity index (χ4n) is 3.10. The first-order chi connectivity index (χ1) is 9.78. The molecule has 2 aromatic carbocycles. The minimum atomic E-state index is 0.348. The topological polar surface area (TPSA) is 29.3 Å². The number of benzene rings is 2. The molecule has 0 aromatic heterocycles. The van der Waals surface area contributed by atoms with Crippen LogP contribution in [0.2, 0.25) is 0 Å². The van der Waals surface area contributed by atoms with Gasteiger partial charge in [-0.3, -0.25) is 4.90 Å². The molecular formula is C18H22N2. The van der Waals surface area contributed by atoms with Crippen LogP contribution >= 0.6 is 0 Å². The van der Waals surface area contributed by atoms with E-state index in [-0.39, 0.29) is 0 Å². The molecule has 2 nitrogen and oxygen atoms in total. The van der Waals surface area contributed by atoms with E-state index in [4.69, 9.17) is 5.73 Å². The highest BCUT2D eigenvalue weighted by Crippen LogP contribution is 2.30. The Balaban J connectivity index is 1.82. The molecule has 0 saturated carbocycles. The van der Waals surface area contributed by atoms with Crippen LogP contribution < -0.4 is 5.73 Å². The van der Waals surface area contributed by atoms with E-state index in [0.717, 1.165) is 19.5 Å². The van der Waals surface area contributed by atoms with Crippen LogP contribution in [-0.4, -0.2) is 18.0 Å². The lowest BCUT2D eigenvalue weighted by Crippen LogP contribution is -2.38. The average Bonchev–Trinajstić information content (AvgIpc) is 2.49. The van der Waals surface area contributed by atoms with E-state index in [2.05, 4.69) is 60.4 Å². The standard InChI is InChI=1S/C18H22N2/c1-14-6-8-15(9-7-14)13-20-11-10-16-4-2-3-5-17(16)18(20)12-19/h2-9,18H,10-13,19H2,1H3. The third kappa shape index (κ3) is 2.62. The van der Waals surface area contributed by atoms with Gasteiger partial charge in [0.2, 0.25) is 0 Å². The van der Waals surface area contributed by atoms with Gasteiger partial charge in [0, 0.05) is 25.7 Å². The number of hydrogen-bond acceptors (Lipinski definition) is 2. The molecule has 0 bridgehead atoms. The number of rotatable bonds is 3. The van der Waals surface area contributed by atoms with Crippen molar-refractivity contribution in [2.24, 2.45) is 5.73 Å². The predicted molar refractivity (Wildman–Crippen MR) is 83.5 cm³/mol. The second kappa shape index (κ2) is 5.78. The van der Waals surface area contributed by atoms with Crippen molar-refractivity contribution >= 4 is 0 Å². The van der Waals surface area contributed by atoms with Gasteiger partial charge in [-0.05, 0) is 30.0 Å². The molecular weight excluding hydrogens is 244 g/mol. The Morgan fingerprint density at radius 1 is 1.10 bits per heavy atom. The summed E-state index contributed by atoms with van der Waals surface area (Å²) in [4.78, 5) is 2.51. The second-order valence-corrected chi connectivity index (χ2v) is 5.66. The summed E-state index contributed by atoms with van der Waals surface area (Å²) in [7, 11) is 0. The molecule has 1 aliphatic heterocycles. The van der Waals surface area contributed by atoms with Crippen molar-refractivity contribution in [2.45, 2.75) is 25.9 Å². The molecule has 20 heavy (non-hydrogen) atoms. The molecule has 3 rings (SSSR count). The summed E-state index contributed by atoms with van der Waals surface area (Å²) in [6, 6.07) is 17.9. The molecule has 1 heterocycles. The number of fused-ring (bicyclic) bond motifs is 1. The molecule has 0 amide bonds. The maximum absolute atomic E-state index is 6.04. The van der Waals surface area contributed by atoms with E-state index in [1.165, 1.54) is 22.3 Å². The second-order valence-electron chi connectivity index (χ2n) is 5.66. The number of nitrogens with zero attached hydrogens (tertiary/aromatic N) is 1. The van der Waals surface area contributed by atoms with Gasteiger partial charge in [-0.1, -0.05) is 54.1 Å². The minimum Gasteiger partial charge on any atom is -0.329 e. The molecule has 1 atom stereocenters. The molecule has 2 aromatic rings. The van der Waals surface area contributed by atoms with Crippen LogP contribution in [0.15, 0.2) is 48.5 Å². The summed E-state index contributed by atoms with van der Waals surface area (Å²) in [5.74, 6) is 0. The molecule has 0 fully saturated rings. The summed E-state index contributed by atoms with van der Waals surface area (Å²) >= 11 is 0. The quantitative estimate of drug-likeness (QED) is 0.925. The normalized spacial score (nSPS) is 18.8. The van der Waals surface area contributed by atoms with Crippen LogP contribution in [0.5, 0.6) is 0 Å². The molecule has 2 heteroatoms. The van der Waals surface area contributed by atoms with Crippen molar-refractivity contribution in [1.82, 2.24) is 4.90 Å². The van der Waals surface area contributed by atoms with E-state index < -0.39 is 0 Å². The van der Waals surface area contributed by atoms with Crippen molar-refractivity contribution in [3.8, 4) is 0 Å². The van der Waals surface area contributed by atoms with Gasteiger partial charge in [-0.25, -0.2) is 0 Å². The Hall–Kier alpha value is -1.64. The molecule has 0 saturated heterocycles. The third-order valence-corrected chi connectivity index (χ3v) is 4.25. The smallest absolute Gasteiger partial charge is 0.0476 e. The fourth-order valence-corrected chi connectivity index (χ4v) is 3.10. The van der Waals surface area contributed by atoms with Crippen molar-refractivity contribution in [3.05, 3.63) is 70.8 Å². The summed E-state index contributed by atoms with van der Waals surface area (Å²) < 4.78 is 0. The molecule has 1 unspecified atom stereocenters. The Morgan fingerprint density at radius 2 is 1.85 bits per heavy atom. The Kier molecular flexibility index (Phi) is 3.86. The van der Waals surface area contributed by atoms with E-state index in [1.54, 1.807) is 0 Å². The lowest BCUT2D eigenvalue weighted by atomic mass is 9.92. The fraction of sp³-hybridized carbons (Fsp3) is 0.333. The summed E-state index contributed by atoms with van der Waals surface area (Å²) in [6.45, 7) is 4.88. The lowest BCUT2D eigenvalue weighted by Gasteiger charge is -2.36. The van der Waals surface area contributed by atoms with Gasteiger partial charge in [-0.2, -0.15) is 0 Å². The molecule has 0 aliphatic carbocycles. The van der Waals surface area contributed by atoms with Gasteiger partial charge in [0.1, 0.15) is 0 Å². The Labute approximate surface area is 121 Å². The highest BCUT2D eigenvalue weighted by Gasteiger charge is 2.25. The molecule has 1 aliphatic rings. The first-order valence-corrected chi connectivity index (χ1v) is 7.35. The highest BCUT2D eigenvalue weighted by molar-refractivity contribution is 5.33. The minimum absolute atomic E-state index is 0.348. The molecule has 2 N–H and O–H groups in total. The van der Waals surface area contributed by atoms with Crippen LogP contribution in [0.1, 0.15) is 28.3 Å². The van der Waals surface area contributed by atoms with E-state index >= 15 is 0 Å². The van der Waals surface area contributed by atoms with E-state index in [9.17, 15) is 0 Å². The first kappa shape index (κ1) is 13.3. The monoisotopic (exact) mass is 266 g/mol.